The van der Waals surface area contributed by atoms with Gasteiger partial charge in [-0.25, -0.2) is 4.39 Å². The van der Waals surface area contributed by atoms with Gasteiger partial charge in [0.1, 0.15) is 5.82 Å². The number of halogens is 2. The van der Waals surface area contributed by atoms with Crippen LogP contribution in [0, 0.1) is 11.7 Å². The largest absolute Gasteiger partial charge is 0.256 e. The molecule has 1 nitrogen and oxygen atoms in total. The Morgan fingerprint density at radius 1 is 1.14 bits per heavy atom. The molecule has 1 aliphatic rings. The highest BCUT2D eigenvalue weighted by Gasteiger charge is 2.20. The Balaban J connectivity index is 1.75. The maximum Gasteiger partial charge on any atom is 0.142 e. The van der Waals surface area contributed by atoms with Crippen LogP contribution in [0.4, 0.5) is 4.39 Å². The first-order valence-corrected chi connectivity index (χ1v) is 8.09. The molecule has 0 radical (unpaired) electrons. The summed E-state index contributed by atoms with van der Waals surface area (Å²) in [6.07, 6.45) is 8.80. The average Bonchev–Trinajstić information content (AvgIpc) is 2.58. The van der Waals surface area contributed by atoms with Crippen molar-refractivity contribution in [1.29, 1.82) is 0 Å². The average molecular weight is 316 g/mol. The van der Waals surface area contributed by atoms with Crippen molar-refractivity contribution < 1.29 is 4.39 Å². The van der Waals surface area contributed by atoms with E-state index in [1.54, 1.807) is 12.1 Å². The maximum absolute atomic E-state index is 13.5. The highest BCUT2D eigenvalue weighted by molar-refractivity contribution is 6.30. The summed E-state index contributed by atoms with van der Waals surface area (Å²) in [6, 6.07) is 8.88. The van der Waals surface area contributed by atoms with Crippen LogP contribution in [0.3, 0.4) is 0 Å². The molecule has 0 spiro atoms. The van der Waals surface area contributed by atoms with Gasteiger partial charge in [-0.05, 0) is 61.3 Å². The van der Waals surface area contributed by atoms with Crippen LogP contribution >= 0.6 is 11.6 Å². The number of pyridine rings is 1. The molecular weight excluding hydrogens is 297 g/mol. The van der Waals surface area contributed by atoms with Gasteiger partial charge < -0.3 is 0 Å². The van der Waals surface area contributed by atoms with Gasteiger partial charge in [0.2, 0.25) is 0 Å². The third-order valence-electron chi connectivity index (χ3n) is 4.58. The molecule has 0 bridgehead atoms. The number of allylic oxidation sites excluding steroid dienone is 1. The van der Waals surface area contributed by atoms with E-state index in [1.165, 1.54) is 37.3 Å². The van der Waals surface area contributed by atoms with E-state index in [9.17, 15) is 4.39 Å². The molecule has 1 aromatic heterocycles. The number of hydrogen-bond donors (Lipinski definition) is 0. The lowest BCUT2D eigenvalue weighted by atomic mass is 9.79. The Bertz CT molecular complexity index is 658. The van der Waals surface area contributed by atoms with Crippen molar-refractivity contribution >= 4 is 11.6 Å². The first kappa shape index (κ1) is 15.2. The lowest BCUT2D eigenvalue weighted by Gasteiger charge is -2.26. The third-order valence-corrected chi connectivity index (χ3v) is 4.88. The molecule has 3 rings (SSSR count). The molecule has 1 aromatic carbocycles. The molecule has 0 amide bonds. The molecule has 2 aromatic rings. The molecule has 1 saturated carbocycles. The molecule has 1 aliphatic carbocycles. The first-order chi connectivity index (χ1) is 10.7. The maximum atomic E-state index is 13.5. The summed E-state index contributed by atoms with van der Waals surface area (Å²) in [7, 11) is 0. The molecule has 22 heavy (non-hydrogen) atoms. The quantitative estimate of drug-likeness (QED) is 0.633. The van der Waals surface area contributed by atoms with E-state index in [2.05, 4.69) is 23.7 Å². The number of nitrogens with zero attached hydrogens (tertiary/aromatic N) is 1. The molecule has 1 heterocycles. The van der Waals surface area contributed by atoms with Crippen molar-refractivity contribution in [3.05, 3.63) is 65.6 Å². The first-order valence-electron chi connectivity index (χ1n) is 7.71. The van der Waals surface area contributed by atoms with Crippen LogP contribution in [-0.2, 0) is 0 Å². The fourth-order valence-electron chi connectivity index (χ4n) is 3.16. The van der Waals surface area contributed by atoms with E-state index in [4.69, 9.17) is 11.6 Å². The molecular formula is C19H19ClFN. The number of aromatic nitrogens is 1. The summed E-state index contributed by atoms with van der Waals surface area (Å²) in [4.78, 5) is 4.50. The van der Waals surface area contributed by atoms with Crippen molar-refractivity contribution in [1.82, 2.24) is 4.98 Å². The number of rotatable bonds is 3. The summed E-state index contributed by atoms with van der Waals surface area (Å²) < 4.78 is 13.5. The van der Waals surface area contributed by atoms with E-state index in [0.717, 1.165) is 11.3 Å². The Kier molecular flexibility index (Phi) is 4.58. The molecule has 0 aliphatic heterocycles. The van der Waals surface area contributed by atoms with Gasteiger partial charge in [-0.15, -0.1) is 6.58 Å². The van der Waals surface area contributed by atoms with Crippen molar-refractivity contribution in [2.24, 2.45) is 5.92 Å². The van der Waals surface area contributed by atoms with E-state index in [1.807, 2.05) is 12.3 Å². The summed E-state index contributed by atoms with van der Waals surface area (Å²) in [5.41, 5.74) is 2.81. The highest BCUT2D eigenvalue weighted by Crippen LogP contribution is 2.36. The van der Waals surface area contributed by atoms with Gasteiger partial charge in [-0.3, -0.25) is 4.98 Å². The van der Waals surface area contributed by atoms with Crippen LogP contribution < -0.4 is 0 Å². The Labute approximate surface area is 135 Å². The van der Waals surface area contributed by atoms with E-state index in [-0.39, 0.29) is 5.02 Å². The molecule has 0 N–H and O–H groups in total. The predicted octanol–water partition coefficient (Wildman–Crippen LogP) is 6.00. The van der Waals surface area contributed by atoms with E-state index < -0.39 is 5.82 Å². The van der Waals surface area contributed by atoms with Gasteiger partial charge in [0.05, 0.1) is 10.7 Å². The zero-order valence-electron chi connectivity index (χ0n) is 12.4. The minimum atomic E-state index is -0.409. The van der Waals surface area contributed by atoms with Crippen LogP contribution in [0.5, 0.6) is 0 Å². The van der Waals surface area contributed by atoms with Gasteiger partial charge in [0.15, 0.2) is 0 Å². The van der Waals surface area contributed by atoms with Gasteiger partial charge in [0, 0.05) is 11.8 Å². The van der Waals surface area contributed by atoms with Gasteiger partial charge >= 0.3 is 0 Å². The molecule has 0 unspecified atom stereocenters. The standard InChI is InChI=1S/C19H19ClFN/c1-2-13-3-5-14(6-4-13)16-8-10-19(22-12-16)15-7-9-17(20)18(21)11-15/h2,7-14H,1,3-6H2. The topological polar surface area (TPSA) is 12.9 Å². The van der Waals surface area contributed by atoms with Gasteiger partial charge in [-0.2, -0.15) is 0 Å². The summed E-state index contributed by atoms with van der Waals surface area (Å²) in [6.45, 7) is 3.89. The zero-order valence-corrected chi connectivity index (χ0v) is 13.2. The summed E-state index contributed by atoms with van der Waals surface area (Å²) in [5, 5.41) is 0.138. The zero-order chi connectivity index (χ0) is 15.5. The molecule has 1 fully saturated rings. The fraction of sp³-hybridized carbons (Fsp3) is 0.316. The second-order valence-corrected chi connectivity index (χ2v) is 6.36. The van der Waals surface area contributed by atoms with Crippen molar-refractivity contribution in [2.75, 3.05) is 0 Å². The van der Waals surface area contributed by atoms with Crippen molar-refractivity contribution in [2.45, 2.75) is 31.6 Å². The van der Waals surface area contributed by atoms with Crippen LogP contribution in [0.1, 0.15) is 37.2 Å². The van der Waals surface area contributed by atoms with Crippen LogP contribution in [0.15, 0.2) is 49.2 Å². The minimum absolute atomic E-state index is 0.138. The minimum Gasteiger partial charge on any atom is -0.256 e. The van der Waals surface area contributed by atoms with Crippen molar-refractivity contribution in [3.8, 4) is 11.3 Å². The van der Waals surface area contributed by atoms with Gasteiger partial charge in [0.25, 0.3) is 0 Å². The number of benzene rings is 1. The monoisotopic (exact) mass is 315 g/mol. The smallest absolute Gasteiger partial charge is 0.142 e. The Hall–Kier alpha value is -1.67. The second-order valence-electron chi connectivity index (χ2n) is 5.95. The van der Waals surface area contributed by atoms with Crippen molar-refractivity contribution in [3.63, 3.8) is 0 Å². The SMILES string of the molecule is C=CC1CCC(c2ccc(-c3ccc(Cl)c(F)c3)nc2)CC1. The summed E-state index contributed by atoms with van der Waals surface area (Å²) in [5.74, 6) is 0.841. The molecule has 114 valence electrons. The number of hydrogen-bond acceptors (Lipinski definition) is 1. The molecule has 3 heteroatoms. The lowest BCUT2D eigenvalue weighted by Crippen LogP contribution is -2.11. The van der Waals surface area contributed by atoms with E-state index >= 15 is 0 Å². The van der Waals surface area contributed by atoms with Gasteiger partial charge in [-0.1, -0.05) is 29.8 Å². The Morgan fingerprint density at radius 2 is 1.91 bits per heavy atom. The molecule has 0 saturated heterocycles. The van der Waals surface area contributed by atoms with Crippen LogP contribution in [0.25, 0.3) is 11.3 Å². The Morgan fingerprint density at radius 3 is 2.50 bits per heavy atom. The lowest BCUT2D eigenvalue weighted by molar-refractivity contribution is 0.376. The molecule has 0 atom stereocenters. The van der Waals surface area contributed by atoms with E-state index in [0.29, 0.717) is 11.8 Å². The third kappa shape index (κ3) is 3.22. The van der Waals surface area contributed by atoms with Crippen LogP contribution in [-0.4, -0.2) is 4.98 Å². The van der Waals surface area contributed by atoms with Crippen LogP contribution in [0.2, 0.25) is 5.02 Å². The second kappa shape index (κ2) is 6.62. The summed E-state index contributed by atoms with van der Waals surface area (Å²) >= 11 is 5.72. The highest BCUT2D eigenvalue weighted by atomic mass is 35.5. The predicted molar refractivity (Wildman–Crippen MR) is 89.5 cm³/mol. The normalized spacial score (nSPS) is 21.5. The fourth-order valence-corrected chi connectivity index (χ4v) is 3.28.